The number of hydrogen-bond acceptors (Lipinski definition) is 4. The van der Waals surface area contributed by atoms with E-state index in [0.29, 0.717) is 4.90 Å². The second-order valence-electron chi connectivity index (χ2n) is 7.04. The van der Waals surface area contributed by atoms with Crippen LogP contribution in [0.3, 0.4) is 0 Å². The number of aryl methyl sites for hydroxylation is 1. The van der Waals surface area contributed by atoms with Gasteiger partial charge in [-0.25, -0.2) is 18.0 Å². The molecule has 2 heterocycles. The normalized spacial score (nSPS) is 12.1. The summed E-state index contributed by atoms with van der Waals surface area (Å²) in [6.45, 7) is 2.05. The molecule has 0 radical (unpaired) electrons. The average Bonchev–Trinajstić information content (AvgIpc) is 3.22. The summed E-state index contributed by atoms with van der Waals surface area (Å²) in [6, 6.07) is 8.94. The Morgan fingerprint density at radius 1 is 1.12 bits per heavy atom. The molecular weight excluding hydrogens is 438 g/mol. The minimum Gasteiger partial charge on any atom is -0.345 e. The Labute approximate surface area is 183 Å². The number of aromatic amines is 2. The van der Waals surface area contributed by atoms with Crippen molar-refractivity contribution in [2.45, 2.75) is 24.7 Å². The second-order valence-corrected chi connectivity index (χ2v) is 8.25. The first kappa shape index (κ1) is 21.6. The highest BCUT2D eigenvalue weighted by Gasteiger charge is 2.26. The Kier molecular flexibility index (Phi) is 5.95. The van der Waals surface area contributed by atoms with E-state index in [0.717, 1.165) is 36.9 Å². The number of carbonyl (C=O) groups is 1. The second kappa shape index (κ2) is 8.83. The molecule has 0 amide bonds. The van der Waals surface area contributed by atoms with Crippen molar-refractivity contribution in [1.29, 1.82) is 0 Å². The van der Waals surface area contributed by atoms with Gasteiger partial charge in [0.1, 0.15) is 22.5 Å². The first-order chi connectivity index (χ1) is 15.4. The number of nitrogens with zero attached hydrogens (tertiary/aromatic N) is 1. The fourth-order valence-electron chi connectivity index (χ4n) is 3.35. The number of anilines is 1. The van der Waals surface area contributed by atoms with Crippen LogP contribution in [0.1, 0.15) is 34.8 Å². The van der Waals surface area contributed by atoms with Crippen LogP contribution in [0.15, 0.2) is 58.6 Å². The number of carbonyl (C=O) groups excluding carboxylic acids is 1. The van der Waals surface area contributed by atoms with E-state index in [1.165, 1.54) is 6.20 Å². The fraction of sp³-hybridized carbons (Fsp3) is 0.136. The highest BCUT2D eigenvalue weighted by atomic mass is 32.2. The molecule has 7 nitrogen and oxygen atoms in total. The van der Waals surface area contributed by atoms with Gasteiger partial charge in [-0.1, -0.05) is 25.5 Å². The summed E-state index contributed by atoms with van der Waals surface area (Å²) in [4.78, 5) is 34.3. The molecule has 10 heteroatoms. The van der Waals surface area contributed by atoms with E-state index in [1.807, 2.05) is 19.1 Å². The van der Waals surface area contributed by atoms with E-state index < -0.39 is 39.5 Å². The van der Waals surface area contributed by atoms with Crippen LogP contribution in [0.4, 0.5) is 14.5 Å². The molecule has 2 aromatic heterocycles. The zero-order valence-electron chi connectivity index (χ0n) is 16.9. The summed E-state index contributed by atoms with van der Waals surface area (Å²) in [5, 5.41) is -0.106. The van der Waals surface area contributed by atoms with Gasteiger partial charge < -0.3 is 9.97 Å². The van der Waals surface area contributed by atoms with E-state index in [9.17, 15) is 18.2 Å². The molecule has 0 saturated carbocycles. The molecule has 164 valence electrons. The van der Waals surface area contributed by atoms with Gasteiger partial charge in [-0.3, -0.25) is 14.3 Å². The predicted octanol–water partition coefficient (Wildman–Crippen LogP) is 3.85. The van der Waals surface area contributed by atoms with Gasteiger partial charge in [0.2, 0.25) is 5.78 Å². The van der Waals surface area contributed by atoms with E-state index in [1.54, 1.807) is 12.1 Å². The summed E-state index contributed by atoms with van der Waals surface area (Å²) >= 11 is 0. The summed E-state index contributed by atoms with van der Waals surface area (Å²) < 4.78 is 44.8. The van der Waals surface area contributed by atoms with Crippen LogP contribution < -0.4 is 10.3 Å². The summed E-state index contributed by atoms with van der Waals surface area (Å²) in [5.41, 5.74) is -0.830. The highest BCUT2D eigenvalue weighted by molar-refractivity contribution is 7.86. The number of H-pyrrole nitrogens is 2. The van der Waals surface area contributed by atoms with Crippen molar-refractivity contribution in [3.05, 3.63) is 87.6 Å². The minimum atomic E-state index is -1.84. The van der Waals surface area contributed by atoms with Crippen molar-refractivity contribution in [2.75, 3.05) is 4.72 Å². The Morgan fingerprint density at radius 2 is 1.88 bits per heavy atom. The van der Waals surface area contributed by atoms with Gasteiger partial charge in [0, 0.05) is 6.20 Å². The predicted molar refractivity (Wildman–Crippen MR) is 117 cm³/mol. The number of benzene rings is 2. The SMILES string of the molecule is CCCc1ccc(S(=O)Nc2ccc(F)c(C(=O)c3c[nH]c4nc[nH]c(=O)c34)c2F)cc1. The van der Waals surface area contributed by atoms with Crippen molar-refractivity contribution in [2.24, 2.45) is 0 Å². The quantitative estimate of drug-likeness (QED) is 0.367. The molecule has 0 aliphatic rings. The molecule has 0 saturated heterocycles. The monoisotopic (exact) mass is 456 g/mol. The number of hydrogen-bond donors (Lipinski definition) is 3. The van der Waals surface area contributed by atoms with Gasteiger partial charge >= 0.3 is 0 Å². The third-order valence-electron chi connectivity index (χ3n) is 4.92. The molecule has 2 aromatic carbocycles. The Morgan fingerprint density at radius 3 is 2.59 bits per heavy atom. The van der Waals surface area contributed by atoms with Crippen molar-refractivity contribution in [1.82, 2.24) is 15.0 Å². The maximum Gasteiger partial charge on any atom is 0.260 e. The average molecular weight is 456 g/mol. The van der Waals surface area contributed by atoms with E-state index >= 15 is 4.39 Å². The third kappa shape index (κ3) is 3.96. The molecule has 0 aliphatic carbocycles. The van der Waals surface area contributed by atoms with Gasteiger partial charge in [0.05, 0.1) is 33.4 Å². The summed E-state index contributed by atoms with van der Waals surface area (Å²) in [7, 11) is -1.84. The van der Waals surface area contributed by atoms with Crippen LogP contribution in [0.5, 0.6) is 0 Å². The number of rotatable bonds is 7. The molecule has 0 spiro atoms. The summed E-state index contributed by atoms with van der Waals surface area (Å²) in [6.07, 6.45) is 4.16. The van der Waals surface area contributed by atoms with Crippen molar-refractivity contribution in [3.8, 4) is 0 Å². The van der Waals surface area contributed by atoms with Crippen LogP contribution >= 0.6 is 0 Å². The van der Waals surface area contributed by atoms with Crippen molar-refractivity contribution >= 4 is 33.5 Å². The van der Waals surface area contributed by atoms with Gasteiger partial charge in [-0.2, -0.15) is 0 Å². The number of fused-ring (bicyclic) bond motifs is 1. The van der Waals surface area contributed by atoms with Crippen LogP contribution in [0, 0.1) is 11.6 Å². The lowest BCUT2D eigenvalue weighted by atomic mass is 10.0. The topological polar surface area (TPSA) is 108 Å². The van der Waals surface area contributed by atoms with E-state index in [4.69, 9.17) is 0 Å². The highest BCUT2D eigenvalue weighted by Crippen LogP contribution is 2.26. The minimum absolute atomic E-state index is 0.106. The third-order valence-corrected chi connectivity index (χ3v) is 6.02. The Hall–Kier alpha value is -3.66. The fourth-order valence-corrected chi connectivity index (χ4v) is 4.21. The molecule has 0 bridgehead atoms. The lowest BCUT2D eigenvalue weighted by Crippen LogP contribution is -2.14. The molecule has 1 atom stereocenters. The lowest BCUT2D eigenvalue weighted by molar-refractivity contribution is 0.103. The van der Waals surface area contributed by atoms with Crippen molar-refractivity contribution in [3.63, 3.8) is 0 Å². The molecular formula is C22H18F2N4O3S. The van der Waals surface area contributed by atoms with Gasteiger partial charge in [0.15, 0.2) is 5.82 Å². The van der Waals surface area contributed by atoms with Crippen LogP contribution in [0.2, 0.25) is 0 Å². The largest absolute Gasteiger partial charge is 0.345 e. The lowest BCUT2D eigenvalue weighted by Gasteiger charge is -2.11. The summed E-state index contributed by atoms with van der Waals surface area (Å²) in [5.74, 6) is -3.36. The molecule has 4 aromatic rings. The van der Waals surface area contributed by atoms with Crippen LogP contribution in [0.25, 0.3) is 11.0 Å². The number of halogens is 2. The number of ketones is 1. The molecule has 4 rings (SSSR count). The first-order valence-corrected chi connectivity index (χ1v) is 10.9. The Balaban J connectivity index is 1.67. The molecule has 0 aliphatic heterocycles. The standard InChI is InChI=1S/C22H18F2N4O3S/c1-2-3-12-4-6-13(7-5-12)32(31)28-16-9-8-15(23)18(19(16)24)20(29)14-10-25-21-17(14)22(30)27-11-26-21/h4-11,28H,2-3H2,1H3,(H2,25,26,27,30). The first-order valence-electron chi connectivity index (χ1n) is 9.75. The van der Waals surface area contributed by atoms with Crippen molar-refractivity contribution < 1.29 is 17.8 Å². The number of aromatic nitrogens is 3. The van der Waals surface area contributed by atoms with Gasteiger partial charge in [-0.15, -0.1) is 0 Å². The zero-order chi connectivity index (χ0) is 22.8. The van der Waals surface area contributed by atoms with E-state index in [-0.39, 0.29) is 22.3 Å². The molecule has 1 unspecified atom stereocenters. The van der Waals surface area contributed by atoms with Crippen LogP contribution in [-0.2, 0) is 17.4 Å². The molecule has 0 fully saturated rings. The van der Waals surface area contributed by atoms with Crippen LogP contribution in [-0.4, -0.2) is 24.9 Å². The maximum absolute atomic E-state index is 15.1. The van der Waals surface area contributed by atoms with Gasteiger partial charge in [-0.05, 0) is 36.2 Å². The maximum atomic E-state index is 15.1. The number of nitrogens with one attached hydrogen (secondary N) is 3. The molecule has 3 N–H and O–H groups in total. The smallest absolute Gasteiger partial charge is 0.260 e. The molecule has 32 heavy (non-hydrogen) atoms. The van der Waals surface area contributed by atoms with Gasteiger partial charge in [0.25, 0.3) is 5.56 Å². The van der Waals surface area contributed by atoms with E-state index in [2.05, 4.69) is 19.7 Å². The zero-order valence-corrected chi connectivity index (χ0v) is 17.7. The Bertz CT molecular complexity index is 1400.